The van der Waals surface area contributed by atoms with Gasteiger partial charge >= 0.3 is 11.9 Å². The van der Waals surface area contributed by atoms with Crippen LogP contribution in [0, 0.1) is 0 Å². The maximum absolute atomic E-state index is 12.1. The highest BCUT2D eigenvalue weighted by molar-refractivity contribution is 8.18. The van der Waals surface area contributed by atoms with Gasteiger partial charge < -0.3 is 15.5 Å². The molecule has 1 amide bonds. The lowest BCUT2D eigenvalue weighted by Crippen LogP contribution is -2.19. The molecule has 0 bridgehead atoms. The summed E-state index contributed by atoms with van der Waals surface area (Å²) in [6, 6.07) is 13.1. The Morgan fingerprint density at radius 2 is 1.64 bits per heavy atom. The van der Waals surface area contributed by atoms with Crippen molar-refractivity contribution in [2.75, 3.05) is 0 Å². The van der Waals surface area contributed by atoms with E-state index in [1.165, 1.54) is 12.1 Å². The molecule has 140 valence electrons. The normalized spacial score (nSPS) is 16.6. The van der Waals surface area contributed by atoms with Crippen LogP contribution in [0.15, 0.2) is 70.6 Å². The SMILES string of the molecule is O=C1NC(=Nc2cc(C(=O)O)cc(C(=O)O)c2)S/C1=C\C=C\c1ccccc1. The number of carbonyl (C=O) groups excluding carboxylic acids is 1. The van der Waals surface area contributed by atoms with Crippen LogP contribution in [0.2, 0.25) is 0 Å². The van der Waals surface area contributed by atoms with Gasteiger partial charge in [0, 0.05) is 0 Å². The Labute approximate surface area is 164 Å². The molecule has 1 fully saturated rings. The summed E-state index contributed by atoms with van der Waals surface area (Å²) in [7, 11) is 0. The van der Waals surface area contributed by atoms with E-state index in [2.05, 4.69) is 10.3 Å². The summed E-state index contributed by atoms with van der Waals surface area (Å²) in [5.41, 5.74) is 0.717. The van der Waals surface area contributed by atoms with Gasteiger partial charge in [-0.1, -0.05) is 42.5 Å². The number of aliphatic imine (C=N–C) groups is 1. The van der Waals surface area contributed by atoms with Gasteiger partial charge in [0.15, 0.2) is 5.17 Å². The monoisotopic (exact) mass is 394 g/mol. The number of aromatic carboxylic acids is 2. The fourth-order valence-corrected chi connectivity index (χ4v) is 3.14. The molecule has 0 unspecified atom stereocenters. The lowest BCUT2D eigenvalue weighted by atomic mass is 10.1. The summed E-state index contributed by atoms with van der Waals surface area (Å²) >= 11 is 1.08. The van der Waals surface area contributed by atoms with Gasteiger partial charge in [0.1, 0.15) is 0 Å². The molecule has 0 aromatic heterocycles. The van der Waals surface area contributed by atoms with Gasteiger partial charge in [0.25, 0.3) is 5.91 Å². The Bertz CT molecular complexity index is 1010. The average Bonchev–Trinajstić information content (AvgIpc) is 3.01. The van der Waals surface area contributed by atoms with E-state index in [0.717, 1.165) is 23.4 Å². The van der Waals surface area contributed by atoms with Crippen molar-refractivity contribution in [1.82, 2.24) is 5.32 Å². The first-order chi connectivity index (χ1) is 13.4. The summed E-state index contributed by atoms with van der Waals surface area (Å²) in [6.07, 6.45) is 5.24. The molecule has 2 aromatic carbocycles. The van der Waals surface area contributed by atoms with Crippen molar-refractivity contribution >= 4 is 46.5 Å². The van der Waals surface area contributed by atoms with Crippen LogP contribution in [0.1, 0.15) is 26.3 Å². The van der Waals surface area contributed by atoms with E-state index in [4.69, 9.17) is 10.2 Å². The molecule has 3 N–H and O–H groups in total. The molecule has 1 aliphatic rings. The molecule has 0 radical (unpaired) electrons. The number of hydrogen-bond donors (Lipinski definition) is 3. The largest absolute Gasteiger partial charge is 0.478 e. The van der Waals surface area contributed by atoms with E-state index >= 15 is 0 Å². The Hall–Kier alpha value is -3.65. The summed E-state index contributed by atoms with van der Waals surface area (Å²) in [5, 5.41) is 21.1. The number of hydrogen-bond acceptors (Lipinski definition) is 5. The van der Waals surface area contributed by atoms with Gasteiger partial charge in [0.05, 0.1) is 21.7 Å². The fourth-order valence-electron chi connectivity index (χ4n) is 2.35. The third-order valence-electron chi connectivity index (χ3n) is 3.63. The van der Waals surface area contributed by atoms with E-state index in [0.29, 0.717) is 4.91 Å². The quantitative estimate of drug-likeness (QED) is 0.668. The van der Waals surface area contributed by atoms with Gasteiger partial charge in [-0.2, -0.15) is 0 Å². The zero-order chi connectivity index (χ0) is 20.1. The number of allylic oxidation sites excluding steroid dienone is 2. The first kappa shape index (κ1) is 19.1. The van der Waals surface area contributed by atoms with E-state index < -0.39 is 11.9 Å². The molecule has 3 rings (SSSR count). The fraction of sp³-hybridized carbons (Fsp3) is 0. The van der Waals surface area contributed by atoms with Crippen molar-refractivity contribution < 1.29 is 24.6 Å². The van der Waals surface area contributed by atoms with E-state index in [-0.39, 0.29) is 27.9 Å². The highest BCUT2D eigenvalue weighted by Crippen LogP contribution is 2.27. The first-order valence-electron chi connectivity index (χ1n) is 8.05. The van der Waals surface area contributed by atoms with Crippen LogP contribution in [-0.2, 0) is 4.79 Å². The second kappa shape index (κ2) is 8.36. The van der Waals surface area contributed by atoms with Crippen LogP contribution in [-0.4, -0.2) is 33.2 Å². The number of carboxylic acids is 2. The van der Waals surface area contributed by atoms with Crippen LogP contribution in [0.5, 0.6) is 0 Å². The van der Waals surface area contributed by atoms with E-state index in [1.54, 1.807) is 12.2 Å². The molecule has 8 heteroatoms. The topological polar surface area (TPSA) is 116 Å². The Balaban J connectivity index is 1.82. The summed E-state index contributed by atoms with van der Waals surface area (Å²) in [5.74, 6) is -2.87. The maximum atomic E-state index is 12.1. The van der Waals surface area contributed by atoms with Crippen molar-refractivity contribution in [3.63, 3.8) is 0 Å². The predicted molar refractivity (Wildman–Crippen MR) is 107 cm³/mol. The molecule has 0 aliphatic carbocycles. The Kier molecular flexibility index (Phi) is 5.71. The standard InChI is InChI=1S/C20H14N2O5S/c23-17-16(8-4-7-12-5-2-1-3-6-12)28-20(22-17)21-15-10-13(18(24)25)9-14(11-15)19(26)27/h1-11H,(H,24,25)(H,26,27)(H,21,22,23)/b7-4+,16-8-. The number of carboxylic acid groups (broad SMARTS) is 2. The minimum absolute atomic E-state index is 0.126. The van der Waals surface area contributed by atoms with Gasteiger partial charge in [0.2, 0.25) is 0 Å². The minimum Gasteiger partial charge on any atom is -0.478 e. The Morgan fingerprint density at radius 1 is 1.00 bits per heavy atom. The number of amidine groups is 1. The predicted octanol–water partition coefficient (Wildman–Crippen LogP) is 3.53. The van der Waals surface area contributed by atoms with Crippen molar-refractivity contribution in [2.45, 2.75) is 0 Å². The number of nitrogens with zero attached hydrogens (tertiary/aromatic N) is 1. The second-order valence-corrected chi connectivity index (χ2v) is 6.68. The third kappa shape index (κ3) is 4.74. The van der Waals surface area contributed by atoms with Gasteiger partial charge in [-0.3, -0.25) is 4.79 Å². The number of rotatable bonds is 5. The number of carbonyl (C=O) groups is 3. The molecule has 1 heterocycles. The summed E-state index contributed by atoms with van der Waals surface area (Å²) < 4.78 is 0. The smallest absolute Gasteiger partial charge is 0.335 e. The zero-order valence-electron chi connectivity index (χ0n) is 14.3. The van der Waals surface area contributed by atoms with E-state index in [1.807, 2.05) is 36.4 Å². The van der Waals surface area contributed by atoms with Crippen LogP contribution >= 0.6 is 11.8 Å². The summed E-state index contributed by atoms with van der Waals surface area (Å²) in [6.45, 7) is 0. The lowest BCUT2D eigenvalue weighted by molar-refractivity contribution is -0.115. The maximum Gasteiger partial charge on any atom is 0.335 e. The lowest BCUT2D eigenvalue weighted by Gasteiger charge is -2.02. The van der Waals surface area contributed by atoms with Crippen LogP contribution in [0.3, 0.4) is 0 Å². The minimum atomic E-state index is -1.26. The highest BCUT2D eigenvalue weighted by Gasteiger charge is 2.23. The van der Waals surface area contributed by atoms with Gasteiger partial charge in [-0.25, -0.2) is 14.6 Å². The van der Waals surface area contributed by atoms with Crippen molar-refractivity contribution in [3.05, 3.63) is 82.3 Å². The summed E-state index contributed by atoms with van der Waals surface area (Å²) in [4.78, 5) is 39.0. The molecule has 0 atom stereocenters. The molecule has 7 nitrogen and oxygen atoms in total. The number of benzene rings is 2. The highest BCUT2D eigenvalue weighted by atomic mass is 32.2. The third-order valence-corrected chi connectivity index (χ3v) is 4.56. The number of nitrogens with one attached hydrogen (secondary N) is 1. The van der Waals surface area contributed by atoms with Crippen molar-refractivity contribution in [3.8, 4) is 0 Å². The second-order valence-electron chi connectivity index (χ2n) is 5.65. The van der Waals surface area contributed by atoms with Crippen LogP contribution < -0.4 is 5.32 Å². The van der Waals surface area contributed by atoms with Crippen molar-refractivity contribution in [2.24, 2.45) is 4.99 Å². The average molecular weight is 394 g/mol. The number of thioether (sulfide) groups is 1. The van der Waals surface area contributed by atoms with Crippen molar-refractivity contribution in [1.29, 1.82) is 0 Å². The van der Waals surface area contributed by atoms with Crippen LogP contribution in [0.25, 0.3) is 6.08 Å². The molecular weight excluding hydrogens is 380 g/mol. The van der Waals surface area contributed by atoms with Gasteiger partial charge in [-0.05, 0) is 41.6 Å². The zero-order valence-corrected chi connectivity index (χ0v) is 15.1. The van der Waals surface area contributed by atoms with Crippen LogP contribution in [0.4, 0.5) is 5.69 Å². The number of amides is 1. The molecule has 2 aromatic rings. The molecule has 1 saturated heterocycles. The molecule has 0 spiro atoms. The Morgan fingerprint density at radius 3 is 2.25 bits per heavy atom. The molecular formula is C20H14N2O5S. The van der Waals surface area contributed by atoms with E-state index in [9.17, 15) is 14.4 Å². The molecule has 1 aliphatic heterocycles. The molecule has 28 heavy (non-hydrogen) atoms. The first-order valence-corrected chi connectivity index (χ1v) is 8.87. The van der Waals surface area contributed by atoms with Gasteiger partial charge in [-0.15, -0.1) is 0 Å². The molecule has 0 saturated carbocycles.